The van der Waals surface area contributed by atoms with Gasteiger partial charge in [-0.05, 0) is 50.4 Å². The van der Waals surface area contributed by atoms with Crippen molar-refractivity contribution in [3.8, 4) is 0 Å². The number of rotatable bonds is 4. The standard InChI is InChI=1S/C16H23N3O3/c1-11-5-8-19(9-6-11)10-12-2-3-14(22-12)16(21)18-13-4-7-17-15(13)20/h2-3,11,13H,4-10H2,1H3,(H,17,20)(H,18,21). The van der Waals surface area contributed by atoms with Crippen molar-refractivity contribution in [1.29, 1.82) is 0 Å². The van der Waals surface area contributed by atoms with Gasteiger partial charge in [0, 0.05) is 6.54 Å². The summed E-state index contributed by atoms with van der Waals surface area (Å²) in [5, 5.41) is 5.41. The van der Waals surface area contributed by atoms with Crippen LogP contribution < -0.4 is 10.6 Å². The molecule has 22 heavy (non-hydrogen) atoms. The lowest BCUT2D eigenvalue weighted by Crippen LogP contribution is -2.39. The summed E-state index contributed by atoms with van der Waals surface area (Å²) in [5.74, 6) is 1.44. The summed E-state index contributed by atoms with van der Waals surface area (Å²) < 4.78 is 5.64. The molecule has 2 N–H and O–H groups in total. The van der Waals surface area contributed by atoms with Crippen LogP contribution >= 0.6 is 0 Å². The SMILES string of the molecule is CC1CCN(Cc2ccc(C(=O)NC3CCNC3=O)o2)CC1. The minimum atomic E-state index is -0.440. The van der Waals surface area contributed by atoms with Crippen molar-refractivity contribution in [3.63, 3.8) is 0 Å². The van der Waals surface area contributed by atoms with Gasteiger partial charge in [-0.1, -0.05) is 6.92 Å². The van der Waals surface area contributed by atoms with Crippen LogP contribution in [0.2, 0.25) is 0 Å². The Morgan fingerprint density at radius 3 is 2.82 bits per heavy atom. The lowest BCUT2D eigenvalue weighted by Gasteiger charge is -2.29. The molecule has 3 heterocycles. The summed E-state index contributed by atoms with van der Waals surface area (Å²) in [4.78, 5) is 25.9. The van der Waals surface area contributed by atoms with E-state index in [-0.39, 0.29) is 17.6 Å². The Morgan fingerprint density at radius 1 is 1.36 bits per heavy atom. The molecule has 0 spiro atoms. The molecule has 2 amide bonds. The number of likely N-dealkylation sites (tertiary alicyclic amines) is 1. The van der Waals surface area contributed by atoms with Crippen LogP contribution in [0.5, 0.6) is 0 Å². The molecule has 2 aliphatic rings. The average molecular weight is 305 g/mol. The minimum Gasteiger partial charge on any atom is -0.455 e. The third-order valence-electron chi connectivity index (χ3n) is 4.50. The number of piperidine rings is 1. The Balaban J connectivity index is 1.54. The van der Waals surface area contributed by atoms with Crippen molar-refractivity contribution in [2.75, 3.05) is 19.6 Å². The van der Waals surface area contributed by atoms with Crippen LogP contribution in [0.3, 0.4) is 0 Å². The van der Waals surface area contributed by atoms with Crippen LogP contribution in [-0.4, -0.2) is 42.4 Å². The van der Waals surface area contributed by atoms with E-state index in [9.17, 15) is 9.59 Å². The van der Waals surface area contributed by atoms with Gasteiger partial charge in [0.05, 0.1) is 6.54 Å². The molecule has 0 aromatic carbocycles. The Hall–Kier alpha value is -1.82. The van der Waals surface area contributed by atoms with Crippen molar-refractivity contribution in [2.24, 2.45) is 5.92 Å². The molecule has 1 atom stereocenters. The highest BCUT2D eigenvalue weighted by Gasteiger charge is 2.27. The number of carbonyl (C=O) groups excluding carboxylic acids is 2. The Bertz CT molecular complexity index is 547. The normalized spacial score (nSPS) is 23.5. The van der Waals surface area contributed by atoms with Crippen LogP contribution in [0.4, 0.5) is 0 Å². The highest BCUT2D eigenvalue weighted by molar-refractivity contribution is 5.96. The zero-order valence-corrected chi connectivity index (χ0v) is 12.9. The molecule has 6 nitrogen and oxygen atoms in total. The molecule has 6 heteroatoms. The fourth-order valence-electron chi connectivity index (χ4n) is 2.99. The largest absolute Gasteiger partial charge is 0.455 e. The van der Waals surface area contributed by atoms with E-state index in [2.05, 4.69) is 22.5 Å². The van der Waals surface area contributed by atoms with E-state index < -0.39 is 6.04 Å². The summed E-state index contributed by atoms with van der Waals surface area (Å²) in [7, 11) is 0. The molecular formula is C16H23N3O3. The number of carbonyl (C=O) groups is 2. The first-order valence-electron chi connectivity index (χ1n) is 8.01. The number of amides is 2. The molecule has 0 aliphatic carbocycles. The van der Waals surface area contributed by atoms with Crippen LogP contribution in [0.15, 0.2) is 16.5 Å². The molecule has 2 fully saturated rings. The Labute approximate surface area is 130 Å². The molecule has 2 saturated heterocycles. The molecule has 2 aliphatic heterocycles. The van der Waals surface area contributed by atoms with Crippen molar-refractivity contribution < 1.29 is 14.0 Å². The minimum absolute atomic E-state index is 0.123. The van der Waals surface area contributed by atoms with Gasteiger partial charge in [-0.3, -0.25) is 14.5 Å². The highest BCUT2D eigenvalue weighted by atomic mass is 16.4. The molecule has 1 unspecified atom stereocenters. The van der Waals surface area contributed by atoms with E-state index in [0.29, 0.717) is 13.0 Å². The number of hydrogen-bond donors (Lipinski definition) is 2. The smallest absolute Gasteiger partial charge is 0.287 e. The summed E-state index contributed by atoms with van der Waals surface area (Å²) >= 11 is 0. The van der Waals surface area contributed by atoms with E-state index in [1.807, 2.05) is 6.07 Å². The second-order valence-corrected chi connectivity index (χ2v) is 6.33. The molecule has 0 saturated carbocycles. The number of hydrogen-bond acceptors (Lipinski definition) is 4. The summed E-state index contributed by atoms with van der Waals surface area (Å²) in [6.45, 7) is 5.79. The van der Waals surface area contributed by atoms with E-state index >= 15 is 0 Å². The van der Waals surface area contributed by atoms with Crippen molar-refractivity contribution >= 4 is 11.8 Å². The first-order valence-corrected chi connectivity index (χ1v) is 8.01. The Kier molecular flexibility index (Phi) is 4.47. The van der Waals surface area contributed by atoms with Crippen molar-refractivity contribution in [2.45, 2.75) is 38.8 Å². The van der Waals surface area contributed by atoms with Gasteiger partial charge in [-0.15, -0.1) is 0 Å². The lowest BCUT2D eigenvalue weighted by atomic mass is 9.99. The molecule has 1 aromatic heterocycles. The van der Waals surface area contributed by atoms with Gasteiger partial charge in [0.25, 0.3) is 5.91 Å². The highest BCUT2D eigenvalue weighted by Crippen LogP contribution is 2.19. The first-order chi connectivity index (χ1) is 10.6. The van der Waals surface area contributed by atoms with Gasteiger partial charge in [-0.25, -0.2) is 0 Å². The van der Waals surface area contributed by atoms with Crippen molar-refractivity contribution in [1.82, 2.24) is 15.5 Å². The first kappa shape index (κ1) is 15.1. The molecule has 0 radical (unpaired) electrons. The topological polar surface area (TPSA) is 74.6 Å². The van der Waals surface area contributed by atoms with E-state index in [4.69, 9.17) is 4.42 Å². The van der Waals surface area contributed by atoms with Gasteiger partial charge >= 0.3 is 0 Å². The lowest BCUT2D eigenvalue weighted by molar-refractivity contribution is -0.120. The van der Waals surface area contributed by atoms with Crippen LogP contribution in [-0.2, 0) is 11.3 Å². The monoisotopic (exact) mass is 305 g/mol. The maximum absolute atomic E-state index is 12.1. The fourth-order valence-corrected chi connectivity index (χ4v) is 2.99. The second kappa shape index (κ2) is 6.52. The average Bonchev–Trinajstić information content (AvgIpc) is 3.12. The molecule has 1 aromatic rings. The van der Waals surface area contributed by atoms with Gasteiger partial charge in [0.15, 0.2) is 5.76 Å². The van der Waals surface area contributed by atoms with E-state index in [0.717, 1.165) is 31.3 Å². The van der Waals surface area contributed by atoms with E-state index in [1.54, 1.807) is 6.07 Å². The van der Waals surface area contributed by atoms with Crippen LogP contribution in [0, 0.1) is 5.92 Å². The van der Waals surface area contributed by atoms with Crippen LogP contribution in [0.1, 0.15) is 42.5 Å². The number of furan rings is 1. The zero-order chi connectivity index (χ0) is 15.5. The summed E-state index contributed by atoms with van der Waals surface area (Å²) in [5.41, 5.74) is 0. The molecule has 3 rings (SSSR count). The van der Waals surface area contributed by atoms with E-state index in [1.165, 1.54) is 12.8 Å². The maximum atomic E-state index is 12.1. The maximum Gasteiger partial charge on any atom is 0.287 e. The van der Waals surface area contributed by atoms with Gasteiger partial charge < -0.3 is 15.1 Å². The van der Waals surface area contributed by atoms with Gasteiger partial charge in [0.2, 0.25) is 5.91 Å². The van der Waals surface area contributed by atoms with Crippen LogP contribution in [0.25, 0.3) is 0 Å². The second-order valence-electron chi connectivity index (χ2n) is 6.33. The van der Waals surface area contributed by atoms with Gasteiger partial charge in [0.1, 0.15) is 11.8 Å². The third-order valence-corrected chi connectivity index (χ3v) is 4.50. The summed E-state index contributed by atoms with van der Waals surface area (Å²) in [6.07, 6.45) is 3.06. The fraction of sp³-hybridized carbons (Fsp3) is 0.625. The quantitative estimate of drug-likeness (QED) is 0.874. The van der Waals surface area contributed by atoms with Gasteiger partial charge in [-0.2, -0.15) is 0 Å². The predicted molar refractivity (Wildman–Crippen MR) is 81.3 cm³/mol. The predicted octanol–water partition coefficient (Wildman–Crippen LogP) is 1.13. The molecule has 0 bridgehead atoms. The number of nitrogens with one attached hydrogen (secondary N) is 2. The van der Waals surface area contributed by atoms with Crippen molar-refractivity contribution in [3.05, 3.63) is 23.7 Å². The summed E-state index contributed by atoms with van der Waals surface area (Å²) in [6, 6.07) is 3.09. The third kappa shape index (κ3) is 3.50. The Morgan fingerprint density at radius 2 is 2.14 bits per heavy atom. The number of nitrogens with zero attached hydrogens (tertiary/aromatic N) is 1. The molecule has 120 valence electrons. The zero-order valence-electron chi connectivity index (χ0n) is 12.9. The molecular weight excluding hydrogens is 282 g/mol.